The molecule has 0 saturated heterocycles. The molecule has 1 amide bonds. The fourth-order valence-corrected chi connectivity index (χ4v) is 2.59. The first-order valence-corrected chi connectivity index (χ1v) is 9.35. The van der Waals surface area contributed by atoms with Crippen molar-refractivity contribution < 1.29 is 4.79 Å². The van der Waals surface area contributed by atoms with Crippen molar-refractivity contribution in [1.29, 1.82) is 0 Å². The Bertz CT molecular complexity index is 364. The Morgan fingerprint density at radius 1 is 1.04 bits per heavy atom. The van der Waals surface area contributed by atoms with Crippen molar-refractivity contribution in [3.63, 3.8) is 0 Å². The Kier molecular flexibility index (Phi) is 16.7. The molecule has 0 unspecified atom stereocenters. The van der Waals surface area contributed by atoms with Gasteiger partial charge in [0.25, 0.3) is 0 Å². The highest BCUT2D eigenvalue weighted by Crippen LogP contribution is 2.05. The Morgan fingerprint density at radius 2 is 1.64 bits per heavy atom. The molecule has 0 radical (unpaired) electrons. The molecule has 0 aliphatic heterocycles. The van der Waals surface area contributed by atoms with Crippen LogP contribution in [0.1, 0.15) is 61.3 Å². The van der Waals surface area contributed by atoms with Gasteiger partial charge in [-0.25, -0.2) is 0 Å². The number of rotatable bonds is 11. The van der Waals surface area contributed by atoms with E-state index in [1.54, 1.807) is 0 Å². The average Bonchev–Trinajstić information content (AvgIpc) is 2.45. The molecule has 0 spiro atoms. The lowest BCUT2D eigenvalue weighted by molar-refractivity contribution is -0.121. The first kappa shape index (κ1) is 26.7. The second kappa shape index (κ2) is 15.7. The quantitative estimate of drug-likeness (QED) is 0.188. The summed E-state index contributed by atoms with van der Waals surface area (Å²) in [6.45, 7) is 18.1. The summed E-state index contributed by atoms with van der Waals surface area (Å²) in [7, 11) is 0. The van der Waals surface area contributed by atoms with Crippen molar-refractivity contribution in [3.05, 3.63) is 0 Å². The molecule has 0 aliphatic rings. The van der Waals surface area contributed by atoms with Gasteiger partial charge in [-0.3, -0.25) is 14.7 Å². The third-order valence-electron chi connectivity index (χ3n) is 3.61. The third kappa shape index (κ3) is 14.3. The van der Waals surface area contributed by atoms with Crippen LogP contribution in [0.2, 0.25) is 0 Å². The Morgan fingerprint density at radius 3 is 2.12 bits per heavy atom. The molecule has 0 saturated carbocycles. The lowest BCUT2D eigenvalue weighted by Crippen LogP contribution is -2.40. The van der Waals surface area contributed by atoms with Crippen LogP contribution < -0.4 is 16.0 Å². The van der Waals surface area contributed by atoms with Crippen molar-refractivity contribution in [1.82, 2.24) is 20.9 Å². The van der Waals surface area contributed by atoms with Gasteiger partial charge in [-0.15, -0.1) is 24.0 Å². The number of carbonyl (C=O) groups excluding carboxylic acids is 1. The second-order valence-corrected chi connectivity index (χ2v) is 6.94. The number of guanidine groups is 1. The van der Waals surface area contributed by atoms with Crippen molar-refractivity contribution >= 4 is 35.8 Å². The molecule has 150 valence electrons. The van der Waals surface area contributed by atoms with Crippen molar-refractivity contribution in [2.75, 3.05) is 26.2 Å². The standard InChI is InChI=1S/C18H39N5O.HI/c1-8-19-18(21-12-10-17(24)22-14(2)3)20-11-9-13-23(15(4)5)16(6)7;/h14-16H,8-13H2,1-7H3,(H,22,24)(H2,19,20,21);1H. The van der Waals surface area contributed by atoms with E-state index in [0.717, 1.165) is 32.0 Å². The van der Waals surface area contributed by atoms with E-state index in [0.29, 0.717) is 25.0 Å². The van der Waals surface area contributed by atoms with Crippen LogP contribution in [0.4, 0.5) is 0 Å². The number of hydrogen-bond donors (Lipinski definition) is 3. The number of nitrogens with one attached hydrogen (secondary N) is 3. The molecule has 7 heteroatoms. The number of carbonyl (C=O) groups is 1. The minimum absolute atomic E-state index is 0. The lowest BCUT2D eigenvalue weighted by Gasteiger charge is -2.30. The van der Waals surface area contributed by atoms with Gasteiger partial charge in [0, 0.05) is 50.7 Å². The number of hydrogen-bond acceptors (Lipinski definition) is 3. The van der Waals surface area contributed by atoms with Gasteiger partial charge in [0.15, 0.2) is 5.96 Å². The maximum Gasteiger partial charge on any atom is 0.221 e. The summed E-state index contributed by atoms with van der Waals surface area (Å²) in [6, 6.07) is 1.30. The molecule has 0 aromatic carbocycles. The van der Waals surface area contributed by atoms with Crippen LogP contribution >= 0.6 is 24.0 Å². The first-order chi connectivity index (χ1) is 11.3. The summed E-state index contributed by atoms with van der Waals surface area (Å²) in [6.07, 6.45) is 1.48. The molecule has 0 aromatic heterocycles. The molecule has 0 rings (SSSR count). The smallest absolute Gasteiger partial charge is 0.221 e. The Balaban J connectivity index is 0. The Hall–Kier alpha value is -0.570. The summed E-state index contributed by atoms with van der Waals surface area (Å²) >= 11 is 0. The number of aliphatic imine (C=N–C) groups is 1. The van der Waals surface area contributed by atoms with Crippen LogP contribution in [-0.4, -0.2) is 61.1 Å². The monoisotopic (exact) mass is 469 g/mol. The van der Waals surface area contributed by atoms with E-state index in [1.165, 1.54) is 0 Å². The van der Waals surface area contributed by atoms with E-state index in [-0.39, 0.29) is 35.9 Å². The molecule has 0 bridgehead atoms. The van der Waals surface area contributed by atoms with E-state index in [9.17, 15) is 4.79 Å². The number of halogens is 1. The first-order valence-electron chi connectivity index (χ1n) is 9.35. The van der Waals surface area contributed by atoms with Gasteiger partial charge in [0.05, 0.1) is 0 Å². The molecule has 0 fully saturated rings. The van der Waals surface area contributed by atoms with Crippen molar-refractivity contribution in [2.24, 2.45) is 4.99 Å². The minimum Gasteiger partial charge on any atom is -0.357 e. The van der Waals surface area contributed by atoms with Gasteiger partial charge >= 0.3 is 0 Å². The zero-order valence-electron chi connectivity index (χ0n) is 17.2. The molecule has 6 nitrogen and oxygen atoms in total. The third-order valence-corrected chi connectivity index (χ3v) is 3.61. The summed E-state index contributed by atoms with van der Waals surface area (Å²) in [5.74, 6) is 0.855. The van der Waals surface area contributed by atoms with Crippen molar-refractivity contribution in [2.45, 2.75) is 79.4 Å². The lowest BCUT2D eigenvalue weighted by atomic mass is 10.2. The average molecular weight is 469 g/mol. The summed E-state index contributed by atoms with van der Waals surface area (Å²) in [4.78, 5) is 18.7. The number of nitrogens with zero attached hydrogens (tertiary/aromatic N) is 2. The molecule has 3 N–H and O–H groups in total. The van der Waals surface area contributed by atoms with E-state index in [4.69, 9.17) is 0 Å². The van der Waals surface area contributed by atoms with Crippen LogP contribution in [-0.2, 0) is 4.79 Å². The van der Waals surface area contributed by atoms with E-state index in [2.05, 4.69) is 53.5 Å². The van der Waals surface area contributed by atoms with Gasteiger partial charge < -0.3 is 16.0 Å². The van der Waals surface area contributed by atoms with Gasteiger partial charge in [-0.05, 0) is 54.9 Å². The highest BCUT2D eigenvalue weighted by molar-refractivity contribution is 14.0. The molecular weight excluding hydrogens is 429 g/mol. The molecule has 0 heterocycles. The van der Waals surface area contributed by atoms with Gasteiger partial charge in [-0.2, -0.15) is 0 Å². The van der Waals surface area contributed by atoms with Crippen LogP contribution in [0, 0.1) is 0 Å². The molecule has 0 atom stereocenters. The second-order valence-electron chi connectivity index (χ2n) is 6.94. The highest BCUT2D eigenvalue weighted by atomic mass is 127. The summed E-state index contributed by atoms with van der Waals surface area (Å²) in [5, 5.41) is 9.34. The molecule has 0 aliphatic carbocycles. The van der Waals surface area contributed by atoms with Gasteiger partial charge in [-0.1, -0.05) is 0 Å². The molecular formula is C18H40IN5O. The predicted molar refractivity (Wildman–Crippen MR) is 119 cm³/mol. The minimum atomic E-state index is 0. The molecule has 0 aromatic rings. The van der Waals surface area contributed by atoms with E-state index in [1.807, 2.05) is 20.8 Å². The SMILES string of the molecule is CCNC(=NCCCN(C(C)C)C(C)C)NCCC(=O)NC(C)C.I. The van der Waals surface area contributed by atoms with Crippen LogP contribution in [0.5, 0.6) is 0 Å². The maximum absolute atomic E-state index is 11.6. The maximum atomic E-state index is 11.6. The fraction of sp³-hybridized carbons (Fsp3) is 0.889. The van der Waals surface area contributed by atoms with Gasteiger partial charge in [0.1, 0.15) is 0 Å². The van der Waals surface area contributed by atoms with E-state index < -0.39 is 0 Å². The summed E-state index contributed by atoms with van der Waals surface area (Å²) < 4.78 is 0. The number of amides is 1. The van der Waals surface area contributed by atoms with Gasteiger partial charge in [0.2, 0.25) is 5.91 Å². The predicted octanol–water partition coefficient (Wildman–Crippen LogP) is 2.58. The fourth-order valence-electron chi connectivity index (χ4n) is 2.59. The zero-order chi connectivity index (χ0) is 18.5. The van der Waals surface area contributed by atoms with Crippen LogP contribution in [0.25, 0.3) is 0 Å². The van der Waals surface area contributed by atoms with Crippen molar-refractivity contribution in [3.8, 4) is 0 Å². The largest absolute Gasteiger partial charge is 0.357 e. The normalized spacial score (nSPS) is 11.9. The summed E-state index contributed by atoms with van der Waals surface area (Å²) in [5.41, 5.74) is 0. The highest BCUT2D eigenvalue weighted by Gasteiger charge is 2.12. The molecule has 25 heavy (non-hydrogen) atoms. The zero-order valence-corrected chi connectivity index (χ0v) is 19.5. The van der Waals surface area contributed by atoms with Crippen LogP contribution in [0.3, 0.4) is 0 Å². The van der Waals surface area contributed by atoms with E-state index >= 15 is 0 Å². The Labute approximate surface area is 172 Å². The van der Waals surface area contributed by atoms with Crippen LogP contribution in [0.15, 0.2) is 4.99 Å². The topological polar surface area (TPSA) is 68.8 Å².